The predicted octanol–water partition coefficient (Wildman–Crippen LogP) is 3.55. The molecule has 0 aliphatic heterocycles. The summed E-state index contributed by atoms with van der Waals surface area (Å²) in [4.78, 5) is 2.21. The summed E-state index contributed by atoms with van der Waals surface area (Å²) in [6.45, 7) is 9.65. The number of rotatable bonds is 5. The zero-order valence-corrected chi connectivity index (χ0v) is 8.80. The Morgan fingerprint density at radius 3 is 2.33 bits per heavy atom. The lowest BCUT2D eigenvalue weighted by Gasteiger charge is -2.12. The number of allylic oxidation sites excluding steroid dienone is 2. The fourth-order valence-electron chi connectivity index (χ4n) is 0.948. The maximum Gasteiger partial charge on any atom is 0.0191 e. The van der Waals surface area contributed by atoms with Crippen LogP contribution in [0.4, 0.5) is 0 Å². The molecule has 0 aromatic heterocycles. The molecule has 0 heterocycles. The van der Waals surface area contributed by atoms with E-state index in [0.717, 1.165) is 6.54 Å². The van der Waals surface area contributed by atoms with E-state index in [1.54, 1.807) is 0 Å². The van der Waals surface area contributed by atoms with Crippen LogP contribution in [0.1, 0.15) is 40.5 Å². The van der Waals surface area contributed by atoms with Crippen LogP contribution in [-0.4, -0.2) is 11.4 Å². The van der Waals surface area contributed by atoms with Crippen LogP contribution in [0.5, 0.6) is 0 Å². The summed E-state index contributed by atoms with van der Waals surface area (Å²) in [5, 5.41) is 0. The van der Waals surface area contributed by atoms with Gasteiger partial charge in [0.15, 0.2) is 0 Å². The van der Waals surface area contributed by atoms with Gasteiger partial charge in [0.25, 0.3) is 0 Å². The fourth-order valence-corrected chi connectivity index (χ4v) is 0.948. The van der Waals surface area contributed by atoms with E-state index in [-0.39, 0.29) is 0 Å². The molecule has 1 heteroatoms. The second-order valence-corrected chi connectivity index (χ2v) is 3.21. The lowest BCUT2D eigenvalue weighted by Crippen LogP contribution is -2.08. The lowest BCUT2D eigenvalue weighted by atomic mass is 10.3. The van der Waals surface area contributed by atoms with E-state index in [2.05, 4.69) is 51.1 Å². The molecule has 0 saturated carbocycles. The van der Waals surface area contributed by atoms with Gasteiger partial charge in [0.1, 0.15) is 0 Å². The highest BCUT2D eigenvalue weighted by molar-refractivity contribution is 4.97. The van der Waals surface area contributed by atoms with E-state index in [1.807, 2.05) is 0 Å². The predicted molar refractivity (Wildman–Crippen MR) is 55.9 cm³/mol. The maximum absolute atomic E-state index is 2.23. The smallest absolute Gasteiger partial charge is 0.0191 e. The molecule has 12 heavy (non-hydrogen) atoms. The molecule has 0 unspecified atom stereocenters. The maximum atomic E-state index is 2.23. The van der Waals surface area contributed by atoms with Crippen molar-refractivity contribution in [3.05, 3.63) is 24.0 Å². The number of hydrogen-bond donors (Lipinski definition) is 0. The Balaban J connectivity index is 3.91. The van der Waals surface area contributed by atoms with Crippen molar-refractivity contribution in [2.45, 2.75) is 40.5 Å². The van der Waals surface area contributed by atoms with Crippen molar-refractivity contribution in [3.63, 3.8) is 0 Å². The fraction of sp³-hybridized carbons (Fsp3) is 0.636. The SMILES string of the molecule is CCC/C=C/N(C=C(C)C)CC. The van der Waals surface area contributed by atoms with Crippen molar-refractivity contribution < 1.29 is 0 Å². The van der Waals surface area contributed by atoms with Crippen LogP contribution in [-0.2, 0) is 0 Å². The Morgan fingerprint density at radius 2 is 1.92 bits per heavy atom. The Morgan fingerprint density at radius 1 is 1.25 bits per heavy atom. The Kier molecular flexibility index (Phi) is 6.54. The first-order valence-electron chi connectivity index (χ1n) is 4.78. The van der Waals surface area contributed by atoms with E-state index in [9.17, 15) is 0 Å². The van der Waals surface area contributed by atoms with E-state index >= 15 is 0 Å². The van der Waals surface area contributed by atoms with Crippen molar-refractivity contribution in [1.29, 1.82) is 0 Å². The molecule has 0 radical (unpaired) electrons. The molecule has 0 N–H and O–H groups in total. The van der Waals surface area contributed by atoms with Crippen LogP contribution in [0.2, 0.25) is 0 Å². The average Bonchev–Trinajstić information content (AvgIpc) is 2.02. The molecule has 0 aliphatic carbocycles. The molecule has 0 amide bonds. The van der Waals surface area contributed by atoms with Gasteiger partial charge in [-0.2, -0.15) is 0 Å². The van der Waals surface area contributed by atoms with Crippen LogP contribution in [0.3, 0.4) is 0 Å². The topological polar surface area (TPSA) is 3.24 Å². The van der Waals surface area contributed by atoms with Crippen LogP contribution >= 0.6 is 0 Å². The first-order chi connectivity index (χ1) is 5.70. The second kappa shape index (κ2) is 6.96. The van der Waals surface area contributed by atoms with Gasteiger partial charge in [-0.05, 0) is 33.4 Å². The Labute approximate surface area is 76.8 Å². The average molecular weight is 167 g/mol. The van der Waals surface area contributed by atoms with Gasteiger partial charge in [0.05, 0.1) is 0 Å². The van der Waals surface area contributed by atoms with Crippen molar-refractivity contribution >= 4 is 0 Å². The van der Waals surface area contributed by atoms with Crippen molar-refractivity contribution in [3.8, 4) is 0 Å². The third kappa shape index (κ3) is 6.02. The molecule has 0 bridgehead atoms. The standard InChI is InChI=1S/C11H21N/c1-5-7-8-9-12(6-2)10-11(3)4/h8-10H,5-7H2,1-4H3/b9-8+. The van der Waals surface area contributed by atoms with Gasteiger partial charge >= 0.3 is 0 Å². The minimum absolute atomic E-state index is 1.05. The first kappa shape index (κ1) is 11.3. The summed E-state index contributed by atoms with van der Waals surface area (Å²) in [5.74, 6) is 0. The summed E-state index contributed by atoms with van der Waals surface area (Å²) in [7, 11) is 0. The van der Waals surface area contributed by atoms with E-state index in [0.29, 0.717) is 0 Å². The van der Waals surface area contributed by atoms with Gasteiger partial charge in [-0.1, -0.05) is 25.0 Å². The lowest BCUT2D eigenvalue weighted by molar-refractivity contribution is 0.529. The van der Waals surface area contributed by atoms with Gasteiger partial charge < -0.3 is 4.90 Å². The van der Waals surface area contributed by atoms with Crippen LogP contribution in [0.25, 0.3) is 0 Å². The monoisotopic (exact) mass is 167 g/mol. The first-order valence-corrected chi connectivity index (χ1v) is 4.78. The minimum Gasteiger partial charge on any atom is -0.355 e. The van der Waals surface area contributed by atoms with Gasteiger partial charge in [-0.15, -0.1) is 0 Å². The molecular weight excluding hydrogens is 146 g/mol. The largest absolute Gasteiger partial charge is 0.355 e. The van der Waals surface area contributed by atoms with Gasteiger partial charge in [0, 0.05) is 12.7 Å². The highest BCUT2D eigenvalue weighted by atomic mass is 15.1. The second-order valence-electron chi connectivity index (χ2n) is 3.21. The molecule has 0 spiro atoms. The van der Waals surface area contributed by atoms with E-state index in [1.165, 1.54) is 18.4 Å². The summed E-state index contributed by atoms with van der Waals surface area (Å²) < 4.78 is 0. The summed E-state index contributed by atoms with van der Waals surface area (Å²) in [6.07, 6.45) is 8.96. The number of unbranched alkanes of at least 4 members (excludes halogenated alkanes) is 1. The van der Waals surface area contributed by atoms with Crippen LogP contribution in [0.15, 0.2) is 24.0 Å². The molecule has 0 aromatic rings. The van der Waals surface area contributed by atoms with Crippen molar-refractivity contribution in [1.82, 2.24) is 4.90 Å². The number of nitrogens with zero attached hydrogens (tertiary/aromatic N) is 1. The van der Waals surface area contributed by atoms with Crippen molar-refractivity contribution in [2.75, 3.05) is 6.54 Å². The normalized spacial score (nSPS) is 10.3. The third-order valence-electron chi connectivity index (χ3n) is 1.54. The molecule has 0 fully saturated rings. The zero-order valence-electron chi connectivity index (χ0n) is 8.80. The highest BCUT2D eigenvalue weighted by Crippen LogP contribution is 1.98. The highest BCUT2D eigenvalue weighted by Gasteiger charge is 1.88. The molecule has 0 atom stereocenters. The van der Waals surface area contributed by atoms with E-state index < -0.39 is 0 Å². The molecule has 0 aromatic carbocycles. The summed E-state index contributed by atoms with van der Waals surface area (Å²) in [6, 6.07) is 0. The molecular formula is C11H21N. The Hall–Kier alpha value is -0.720. The summed E-state index contributed by atoms with van der Waals surface area (Å²) in [5.41, 5.74) is 1.35. The molecule has 0 aliphatic rings. The van der Waals surface area contributed by atoms with Crippen LogP contribution < -0.4 is 0 Å². The van der Waals surface area contributed by atoms with Gasteiger partial charge in [0.2, 0.25) is 0 Å². The van der Waals surface area contributed by atoms with E-state index in [4.69, 9.17) is 0 Å². The Bertz CT molecular complexity index is 152. The third-order valence-corrected chi connectivity index (χ3v) is 1.54. The molecule has 1 nitrogen and oxygen atoms in total. The number of hydrogen-bond acceptors (Lipinski definition) is 1. The molecule has 0 rings (SSSR count). The summed E-state index contributed by atoms with van der Waals surface area (Å²) >= 11 is 0. The zero-order chi connectivity index (χ0) is 9.40. The quantitative estimate of drug-likeness (QED) is 0.605. The minimum atomic E-state index is 1.05. The van der Waals surface area contributed by atoms with Gasteiger partial charge in [-0.25, -0.2) is 0 Å². The van der Waals surface area contributed by atoms with Crippen LogP contribution in [0, 0.1) is 0 Å². The molecule has 0 saturated heterocycles. The van der Waals surface area contributed by atoms with Gasteiger partial charge in [-0.3, -0.25) is 0 Å². The van der Waals surface area contributed by atoms with Crippen molar-refractivity contribution in [2.24, 2.45) is 0 Å². The molecule has 70 valence electrons.